The van der Waals surface area contributed by atoms with Crippen LogP contribution in [0.5, 0.6) is 0 Å². The van der Waals surface area contributed by atoms with Crippen molar-refractivity contribution >= 4 is 13.2 Å². The summed E-state index contributed by atoms with van der Waals surface area (Å²) in [7, 11) is 0. The van der Waals surface area contributed by atoms with Crippen LogP contribution in [0.2, 0.25) is 0 Å². The normalized spacial score (nSPS) is 10.1. The fraction of sp³-hybridized carbons (Fsp3) is 0.300. The highest BCUT2D eigenvalue weighted by Gasteiger charge is 1.97. The van der Waals surface area contributed by atoms with Gasteiger partial charge in [-0.1, -0.05) is 13.2 Å². The molecule has 0 unspecified atom stereocenters. The fourth-order valence-corrected chi connectivity index (χ4v) is 1.07. The Morgan fingerprint density at radius 3 is 2.09 bits per heavy atom. The Hall–Kier alpha value is -1.11. The van der Waals surface area contributed by atoms with Gasteiger partial charge in [-0.05, 0) is 37.1 Å². The first-order valence-corrected chi connectivity index (χ1v) is 3.65. The van der Waals surface area contributed by atoms with Crippen LogP contribution in [0.3, 0.4) is 0 Å². The molecule has 0 atom stereocenters. The maximum Gasteiger partial charge on any atom is 0.0593 e. The first-order valence-electron chi connectivity index (χ1n) is 3.65. The van der Waals surface area contributed by atoms with Crippen LogP contribution in [0.1, 0.15) is 16.8 Å². The minimum atomic E-state index is 0.868. The maximum atomic E-state index is 4.26. The third-order valence-corrected chi connectivity index (χ3v) is 2.19. The molecule has 0 saturated carbocycles. The lowest BCUT2D eigenvalue weighted by Crippen LogP contribution is -2.22. The Bertz CT molecular complexity index is 377. The van der Waals surface area contributed by atoms with Crippen LogP contribution in [-0.4, -0.2) is 4.98 Å². The van der Waals surface area contributed by atoms with Crippen LogP contribution in [0.25, 0.3) is 13.2 Å². The molecule has 0 N–H and O–H groups in total. The summed E-state index contributed by atoms with van der Waals surface area (Å²) in [5.74, 6) is 0. The molecule has 0 aliphatic carbocycles. The van der Waals surface area contributed by atoms with E-state index in [0.717, 1.165) is 21.8 Å². The highest BCUT2D eigenvalue weighted by Crippen LogP contribution is 1.92. The van der Waals surface area contributed by atoms with Crippen LogP contribution in [0.4, 0.5) is 0 Å². The average molecular weight is 147 g/mol. The van der Waals surface area contributed by atoms with E-state index in [2.05, 4.69) is 25.1 Å². The van der Waals surface area contributed by atoms with Gasteiger partial charge in [-0.15, -0.1) is 0 Å². The molecule has 0 amide bonds. The Labute approximate surface area is 67.1 Å². The van der Waals surface area contributed by atoms with E-state index in [9.17, 15) is 0 Å². The van der Waals surface area contributed by atoms with Crippen LogP contribution in [-0.2, 0) is 0 Å². The van der Waals surface area contributed by atoms with Gasteiger partial charge in [0.2, 0.25) is 0 Å². The van der Waals surface area contributed by atoms with E-state index in [0.29, 0.717) is 0 Å². The number of hydrogen-bond donors (Lipinski definition) is 0. The summed E-state index contributed by atoms with van der Waals surface area (Å²) in [6.45, 7) is 13.8. The first-order chi connectivity index (χ1) is 5.04. The van der Waals surface area contributed by atoms with Crippen molar-refractivity contribution in [3.63, 3.8) is 0 Å². The SMILES string of the molecule is C=c1nc(C)c(=C)c(C)c1C. The number of aromatic nitrogens is 1. The molecular weight excluding hydrogens is 134 g/mol. The third-order valence-electron chi connectivity index (χ3n) is 2.19. The smallest absolute Gasteiger partial charge is 0.0593 e. The molecule has 0 aromatic carbocycles. The molecule has 11 heavy (non-hydrogen) atoms. The quantitative estimate of drug-likeness (QED) is 0.529. The minimum Gasteiger partial charge on any atom is -0.253 e. The highest BCUT2D eigenvalue weighted by molar-refractivity contribution is 5.30. The van der Waals surface area contributed by atoms with E-state index in [1.54, 1.807) is 0 Å². The van der Waals surface area contributed by atoms with E-state index in [1.165, 1.54) is 5.56 Å². The molecule has 58 valence electrons. The second-order valence-corrected chi connectivity index (χ2v) is 2.87. The summed E-state index contributed by atoms with van der Waals surface area (Å²) >= 11 is 0. The molecule has 1 aromatic rings. The minimum absolute atomic E-state index is 0.868. The third kappa shape index (κ3) is 1.18. The molecule has 1 rings (SSSR count). The zero-order valence-electron chi connectivity index (χ0n) is 7.36. The second kappa shape index (κ2) is 2.50. The van der Waals surface area contributed by atoms with Crippen molar-refractivity contribution in [1.29, 1.82) is 0 Å². The Kier molecular flexibility index (Phi) is 1.81. The van der Waals surface area contributed by atoms with Gasteiger partial charge in [0.15, 0.2) is 0 Å². The van der Waals surface area contributed by atoms with Gasteiger partial charge in [0.25, 0.3) is 0 Å². The Balaban J connectivity index is 3.73. The van der Waals surface area contributed by atoms with Crippen molar-refractivity contribution in [3.8, 4) is 0 Å². The Morgan fingerprint density at radius 1 is 1.00 bits per heavy atom. The molecule has 0 saturated heterocycles. The van der Waals surface area contributed by atoms with Crippen LogP contribution < -0.4 is 10.6 Å². The number of rotatable bonds is 0. The summed E-state index contributed by atoms with van der Waals surface area (Å²) in [6.07, 6.45) is 0. The zero-order valence-corrected chi connectivity index (χ0v) is 7.36. The van der Waals surface area contributed by atoms with Crippen LogP contribution in [0, 0.1) is 20.8 Å². The van der Waals surface area contributed by atoms with Gasteiger partial charge in [-0.2, -0.15) is 0 Å². The molecule has 1 nitrogen and oxygen atoms in total. The molecule has 1 heteroatoms. The summed E-state index contributed by atoms with van der Waals surface area (Å²) in [5, 5.41) is 1.90. The first kappa shape index (κ1) is 7.99. The van der Waals surface area contributed by atoms with E-state index in [1.807, 2.05) is 13.8 Å². The molecule has 1 heterocycles. The van der Waals surface area contributed by atoms with Crippen molar-refractivity contribution in [1.82, 2.24) is 4.98 Å². The summed E-state index contributed by atoms with van der Waals surface area (Å²) < 4.78 is 0. The largest absolute Gasteiger partial charge is 0.253 e. The maximum absolute atomic E-state index is 4.26. The van der Waals surface area contributed by atoms with Crippen molar-refractivity contribution < 1.29 is 0 Å². The van der Waals surface area contributed by atoms with Gasteiger partial charge in [0.05, 0.1) is 5.35 Å². The van der Waals surface area contributed by atoms with Gasteiger partial charge < -0.3 is 0 Å². The molecule has 0 radical (unpaired) electrons. The van der Waals surface area contributed by atoms with Crippen molar-refractivity contribution in [2.45, 2.75) is 20.8 Å². The molecular formula is C10H13N. The lowest BCUT2D eigenvalue weighted by atomic mass is 10.1. The molecule has 0 bridgehead atoms. The molecule has 1 aromatic heterocycles. The standard InChI is InChI=1S/C10H13N/c1-6-7(2)9(4)11-10(5)8(6)3/h2,5H2,1,3-4H3. The van der Waals surface area contributed by atoms with Crippen molar-refractivity contribution in [3.05, 3.63) is 27.4 Å². The van der Waals surface area contributed by atoms with E-state index in [4.69, 9.17) is 0 Å². The molecule has 0 fully saturated rings. The van der Waals surface area contributed by atoms with Crippen LogP contribution >= 0.6 is 0 Å². The molecule has 0 aliphatic heterocycles. The number of hydrogen-bond acceptors (Lipinski definition) is 1. The molecule has 0 spiro atoms. The van der Waals surface area contributed by atoms with E-state index in [-0.39, 0.29) is 0 Å². The van der Waals surface area contributed by atoms with E-state index < -0.39 is 0 Å². The van der Waals surface area contributed by atoms with Crippen molar-refractivity contribution in [2.24, 2.45) is 0 Å². The molecule has 0 aliphatic rings. The van der Waals surface area contributed by atoms with Crippen molar-refractivity contribution in [2.75, 3.05) is 0 Å². The van der Waals surface area contributed by atoms with Gasteiger partial charge in [0.1, 0.15) is 0 Å². The topological polar surface area (TPSA) is 12.9 Å². The number of pyridine rings is 1. The van der Waals surface area contributed by atoms with Crippen LogP contribution in [0.15, 0.2) is 0 Å². The average Bonchev–Trinajstić information content (AvgIpc) is 1.97. The van der Waals surface area contributed by atoms with Gasteiger partial charge >= 0.3 is 0 Å². The highest BCUT2D eigenvalue weighted by atomic mass is 14.7. The second-order valence-electron chi connectivity index (χ2n) is 2.87. The summed E-state index contributed by atoms with van der Waals surface area (Å²) in [6, 6.07) is 0. The van der Waals surface area contributed by atoms with Gasteiger partial charge in [-0.3, -0.25) is 4.98 Å². The predicted octanol–water partition coefficient (Wildman–Crippen LogP) is 0.827. The predicted molar refractivity (Wildman–Crippen MR) is 48.7 cm³/mol. The monoisotopic (exact) mass is 147 g/mol. The van der Waals surface area contributed by atoms with Gasteiger partial charge in [0, 0.05) is 5.69 Å². The summed E-state index contributed by atoms with van der Waals surface area (Å²) in [4.78, 5) is 4.26. The van der Waals surface area contributed by atoms with E-state index >= 15 is 0 Å². The lowest BCUT2D eigenvalue weighted by molar-refractivity contribution is 1.07. The number of aryl methyl sites for hydroxylation is 1. The lowest BCUT2D eigenvalue weighted by Gasteiger charge is -2.02. The fourth-order valence-electron chi connectivity index (χ4n) is 1.07. The van der Waals surface area contributed by atoms with Gasteiger partial charge in [-0.25, -0.2) is 0 Å². The number of nitrogens with zero attached hydrogens (tertiary/aromatic N) is 1. The zero-order chi connectivity index (χ0) is 8.59. The summed E-state index contributed by atoms with van der Waals surface area (Å²) in [5.41, 5.74) is 3.35. The Morgan fingerprint density at radius 2 is 1.55 bits per heavy atom.